The molecule has 0 fully saturated rings. The fourth-order valence-electron chi connectivity index (χ4n) is 4.39. The number of nitrogens with two attached hydrogens (primary N) is 3. The van der Waals surface area contributed by atoms with E-state index in [1.54, 1.807) is 41.5 Å². The molecule has 0 aromatic heterocycles. The number of hydrogen-bond acceptors (Lipinski definition) is 10. The Morgan fingerprint density at radius 2 is 1.15 bits per heavy atom. The molecule has 0 aliphatic carbocycles. The number of nitrogens with zero attached hydrogens (tertiary/aromatic N) is 1. The molecule has 0 aliphatic rings. The zero-order chi connectivity index (χ0) is 37.3. The molecule has 48 heavy (non-hydrogen) atoms. The minimum Gasteiger partial charge on any atom is -0.480 e. The highest BCUT2D eigenvalue weighted by Crippen LogP contribution is 2.12. The van der Waals surface area contributed by atoms with Gasteiger partial charge in [-0.2, -0.15) is 0 Å². The number of carbonyl (C=O) groups excluding carboxylic acids is 5. The monoisotopic (exact) mass is 687 g/mol. The van der Waals surface area contributed by atoms with E-state index >= 15 is 0 Å². The number of guanidine groups is 1. The highest BCUT2D eigenvalue weighted by atomic mass is 16.4. The van der Waals surface area contributed by atoms with Crippen LogP contribution < -0.4 is 43.8 Å². The van der Waals surface area contributed by atoms with Crippen molar-refractivity contribution in [2.75, 3.05) is 13.2 Å². The second-order valence-electron chi connectivity index (χ2n) is 12.3. The molecule has 0 aromatic carbocycles. The van der Waals surface area contributed by atoms with Gasteiger partial charge in [-0.25, -0.2) is 4.79 Å². The first kappa shape index (κ1) is 44.0. The highest BCUT2D eigenvalue weighted by Gasteiger charge is 2.35. The molecule has 0 bridgehead atoms. The van der Waals surface area contributed by atoms with Gasteiger partial charge in [-0.1, -0.05) is 54.4 Å². The number of aliphatic hydroxyl groups excluding tert-OH is 2. The van der Waals surface area contributed by atoms with Crippen molar-refractivity contribution in [1.82, 2.24) is 26.6 Å². The van der Waals surface area contributed by atoms with Crippen LogP contribution in [0.5, 0.6) is 0 Å². The van der Waals surface area contributed by atoms with E-state index in [4.69, 9.17) is 17.2 Å². The number of rotatable bonds is 22. The third-order valence-corrected chi connectivity index (χ3v) is 8.03. The van der Waals surface area contributed by atoms with Gasteiger partial charge in [-0.05, 0) is 37.5 Å². The standard InChI is InChI=1S/C30H57N9O9/c1-8-15(5)22(38-26(44)20(31)17(7)41)28(46)37-21(14(3)4)27(45)36-19(13-40)25(43)35-18(11-10-12-34-30(32)33)24(42)39-23(29(47)48)16(6)9-2/h14-23,40-41H,8-13,31H2,1-7H3,(H,35,43)(H,36,45)(H,37,46)(H,38,44)(H,39,42)(H,47,48)(H4,32,33,34)/t15-,16-,17+,18-,19-,20-,21-,22-,23-/m0/s1. The number of carboxylic acids is 1. The zero-order valence-electron chi connectivity index (χ0n) is 29.0. The van der Waals surface area contributed by atoms with Gasteiger partial charge in [0.1, 0.15) is 36.3 Å². The normalized spacial score (nSPS) is 16.8. The first-order valence-electron chi connectivity index (χ1n) is 16.2. The molecule has 18 nitrogen and oxygen atoms in total. The minimum atomic E-state index is -1.57. The molecule has 0 saturated heterocycles. The summed E-state index contributed by atoms with van der Waals surface area (Å²) in [6.07, 6.45) is -0.0580. The average Bonchev–Trinajstić information content (AvgIpc) is 3.02. The van der Waals surface area contributed by atoms with E-state index in [-0.39, 0.29) is 25.3 Å². The highest BCUT2D eigenvalue weighted by molar-refractivity contribution is 5.96. The Labute approximate surface area is 281 Å². The summed E-state index contributed by atoms with van der Waals surface area (Å²) in [5.74, 6) is -6.84. The van der Waals surface area contributed by atoms with Gasteiger partial charge < -0.3 is 59.1 Å². The van der Waals surface area contributed by atoms with Crippen molar-refractivity contribution in [2.24, 2.45) is 39.9 Å². The van der Waals surface area contributed by atoms with Gasteiger partial charge in [-0.3, -0.25) is 29.0 Å². The molecular formula is C30H57N9O9. The number of carboxylic acid groups (broad SMARTS) is 1. The van der Waals surface area contributed by atoms with Crippen LogP contribution in [0.25, 0.3) is 0 Å². The summed E-state index contributed by atoms with van der Waals surface area (Å²) in [7, 11) is 0. The fourth-order valence-corrected chi connectivity index (χ4v) is 4.39. The Bertz CT molecular complexity index is 1120. The molecule has 276 valence electrons. The third-order valence-electron chi connectivity index (χ3n) is 8.03. The van der Waals surface area contributed by atoms with Crippen molar-refractivity contribution >= 4 is 41.5 Å². The van der Waals surface area contributed by atoms with Crippen molar-refractivity contribution in [3.63, 3.8) is 0 Å². The van der Waals surface area contributed by atoms with Crippen molar-refractivity contribution in [3.05, 3.63) is 0 Å². The number of carbonyl (C=O) groups is 6. The van der Waals surface area contributed by atoms with Crippen LogP contribution in [-0.4, -0.2) is 112 Å². The fraction of sp³-hybridized carbons (Fsp3) is 0.767. The predicted octanol–water partition coefficient (Wildman–Crippen LogP) is -3.00. The molecule has 0 aliphatic heterocycles. The Morgan fingerprint density at radius 1 is 0.688 bits per heavy atom. The smallest absolute Gasteiger partial charge is 0.326 e. The molecule has 0 unspecified atom stereocenters. The lowest BCUT2D eigenvalue weighted by molar-refractivity contribution is -0.144. The molecule has 18 heteroatoms. The van der Waals surface area contributed by atoms with Crippen molar-refractivity contribution < 1.29 is 44.1 Å². The number of nitrogens with one attached hydrogen (secondary N) is 5. The summed E-state index contributed by atoms with van der Waals surface area (Å²) in [5, 5.41) is 41.7. The lowest BCUT2D eigenvalue weighted by Gasteiger charge is -2.30. The van der Waals surface area contributed by atoms with Crippen LogP contribution in [0, 0.1) is 17.8 Å². The van der Waals surface area contributed by atoms with Crippen LogP contribution in [0.3, 0.4) is 0 Å². The Balaban J connectivity index is 5.97. The van der Waals surface area contributed by atoms with Gasteiger partial charge in [0.15, 0.2) is 5.96 Å². The quantitative estimate of drug-likeness (QED) is 0.0308. The minimum absolute atomic E-state index is 0.0145. The van der Waals surface area contributed by atoms with Crippen LogP contribution in [0.4, 0.5) is 0 Å². The Hall–Kier alpha value is -4.03. The average molecular weight is 688 g/mol. The lowest BCUT2D eigenvalue weighted by Crippen LogP contribution is -2.62. The van der Waals surface area contributed by atoms with Crippen molar-refractivity contribution in [3.8, 4) is 0 Å². The SMILES string of the molecule is CC[C@H](C)[C@H](NC(=O)[C@H](CCCN=C(N)N)NC(=O)[C@H](CO)NC(=O)[C@@H](NC(=O)[C@@H](NC(=O)[C@@H](N)[C@@H](C)O)[C@@H](C)CC)C(C)C)C(=O)O. The van der Waals surface area contributed by atoms with E-state index < -0.39 is 102 Å². The third kappa shape index (κ3) is 14.8. The molecule has 9 atom stereocenters. The van der Waals surface area contributed by atoms with Crippen LogP contribution in [-0.2, 0) is 28.8 Å². The van der Waals surface area contributed by atoms with Crippen LogP contribution in [0.15, 0.2) is 4.99 Å². The molecule has 0 aromatic rings. The maximum absolute atomic E-state index is 13.4. The van der Waals surface area contributed by atoms with E-state index in [9.17, 15) is 44.1 Å². The van der Waals surface area contributed by atoms with Gasteiger partial charge in [0.2, 0.25) is 29.5 Å². The molecule has 5 amide bonds. The van der Waals surface area contributed by atoms with E-state index in [0.29, 0.717) is 12.8 Å². The molecule has 0 heterocycles. The van der Waals surface area contributed by atoms with Gasteiger partial charge in [0, 0.05) is 6.54 Å². The molecule has 0 radical (unpaired) electrons. The number of hydrogen-bond donors (Lipinski definition) is 11. The first-order chi connectivity index (χ1) is 22.3. The summed E-state index contributed by atoms with van der Waals surface area (Å²) in [6.45, 7) is 10.7. The number of aliphatic hydroxyl groups is 2. The van der Waals surface area contributed by atoms with Gasteiger partial charge in [0.05, 0.1) is 12.7 Å². The topological polar surface area (TPSA) is 314 Å². The predicted molar refractivity (Wildman–Crippen MR) is 178 cm³/mol. The molecule has 0 rings (SSSR count). The van der Waals surface area contributed by atoms with Crippen molar-refractivity contribution in [2.45, 2.75) is 117 Å². The lowest BCUT2D eigenvalue weighted by atomic mass is 9.96. The Kier molecular flexibility index (Phi) is 19.9. The van der Waals surface area contributed by atoms with E-state index in [1.165, 1.54) is 6.92 Å². The first-order valence-corrected chi connectivity index (χ1v) is 16.2. The zero-order valence-corrected chi connectivity index (χ0v) is 29.0. The number of aliphatic carboxylic acids is 1. The molecule has 0 saturated carbocycles. The Morgan fingerprint density at radius 3 is 1.60 bits per heavy atom. The molecule has 0 spiro atoms. The summed E-state index contributed by atoms with van der Waals surface area (Å²) in [6, 6.07) is -7.71. The number of aliphatic imine (C=N–C) groups is 1. The second-order valence-corrected chi connectivity index (χ2v) is 12.3. The largest absolute Gasteiger partial charge is 0.480 e. The van der Waals surface area contributed by atoms with Gasteiger partial charge in [0.25, 0.3) is 0 Å². The maximum Gasteiger partial charge on any atom is 0.326 e. The van der Waals surface area contributed by atoms with Crippen molar-refractivity contribution in [1.29, 1.82) is 0 Å². The van der Waals surface area contributed by atoms with Crippen LogP contribution >= 0.6 is 0 Å². The summed E-state index contributed by atoms with van der Waals surface area (Å²) in [5.41, 5.74) is 16.4. The van der Waals surface area contributed by atoms with Gasteiger partial charge in [-0.15, -0.1) is 0 Å². The summed E-state index contributed by atoms with van der Waals surface area (Å²) < 4.78 is 0. The molecule has 14 N–H and O–H groups in total. The van der Waals surface area contributed by atoms with Crippen LogP contribution in [0.2, 0.25) is 0 Å². The maximum atomic E-state index is 13.4. The summed E-state index contributed by atoms with van der Waals surface area (Å²) >= 11 is 0. The number of amides is 5. The van der Waals surface area contributed by atoms with Crippen LogP contribution in [0.1, 0.15) is 74.1 Å². The second kappa shape index (κ2) is 21.8. The summed E-state index contributed by atoms with van der Waals surface area (Å²) in [4.78, 5) is 81.3. The van der Waals surface area contributed by atoms with E-state index in [2.05, 4.69) is 31.6 Å². The van der Waals surface area contributed by atoms with E-state index in [0.717, 1.165) is 0 Å². The van der Waals surface area contributed by atoms with Gasteiger partial charge >= 0.3 is 5.97 Å². The molecular weight excluding hydrogens is 630 g/mol. The van der Waals surface area contributed by atoms with E-state index in [1.807, 2.05) is 0 Å².